The number of hydrogen-bond donors (Lipinski definition) is 2. The van der Waals surface area contributed by atoms with Gasteiger partial charge in [0.25, 0.3) is 0 Å². The Balaban J connectivity index is 2.24. The van der Waals surface area contributed by atoms with Gasteiger partial charge >= 0.3 is 0 Å². The first kappa shape index (κ1) is 14.1. The van der Waals surface area contributed by atoms with Crippen LogP contribution in [-0.2, 0) is 4.79 Å². The van der Waals surface area contributed by atoms with Gasteiger partial charge in [-0.3, -0.25) is 4.79 Å². The lowest BCUT2D eigenvalue weighted by molar-refractivity contribution is -0.122. The Bertz CT molecular complexity index is 465. The van der Waals surface area contributed by atoms with Crippen LogP contribution in [0.4, 0.5) is 5.69 Å². The highest BCUT2D eigenvalue weighted by atomic mass is 16.2. The summed E-state index contributed by atoms with van der Waals surface area (Å²) in [5.74, 6) is 0.113. The van der Waals surface area contributed by atoms with Crippen molar-refractivity contribution in [1.82, 2.24) is 5.32 Å². The fourth-order valence-electron chi connectivity index (χ4n) is 3.07. The molecule has 1 aromatic carbocycles. The summed E-state index contributed by atoms with van der Waals surface area (Å²) < 4.78 is 0. The number of aryl methyl sites for hydroxylation is 3. The summed E-state index contributed by atoms with van der Waals surface area (Å²) in [5, 5.41) is 6.52. The molecule has 104 valence electrons. The summed E-state index contributed by atoms with van der Waals surface area (Å²) in [7, 11) is 0. The van der Waals surface area contributed by atoms with Crippen LogP contribution >= 0.6 is 0 Å². The van der Waals surface area contributed by atoms with Crippen LogP contribution in [0.1, 0.15) is 42.9 Å². The quantitative estimate of drug-likeness (QED) is 0.877. The molecule has 1 aliphatic rings. The molecule has 1 aromatic rings. The van der Waals surface area contributed by atoms with E-state index in [-0.39, 0.29) is 11.4 Å². The highest BCUT2D eigenvalue weighted by molar-refractivity contribution is 5.99. The molecule has 1 fully saturated rings. The molecule has 0 aromatic heterocycles. The van der Waals surface area contributed by atoms with E-state index >= 15 is 0 Å². The molecule has 0 radical (unpaired) electrons. The fraction of sp³-hybridized carbons (Fsp3) is 0.562. The number of anilines is 1. The average molecular weight is 260 g/mol. The maximum absolute atomic E-state index is 12.6. The van der Waals surface area contributed by atoms with Crippen molar-refractivity contribution in [1.29, 1.82) is 0 Å². The first-order valence-electron chi connectivity index (χ1n) is 7.13. The van der Waals surface area contributed by atoms with Crippen molar-refractivity contribution in [2.45, 2.75) is 52.5 Å². The smallest absolute Gasteiger partial charge is 0.244 e. The third kappa shape index (κ3) is 2.66. The molecular weight excluding hydrogens is 236 g/mol. The molecule has 0 spiro atoms. The minimum Gasteiger partial charge on any atom is -0.324 e. The molecule has 1 saturated heterocycles. The number of carbonyl (C=O) groups excluding carboxylic acids is 1. The zero-order chi connectivity index (χ0) is 14.0. The number of hydrogen-bond acceptors (Lipinski definition) is 2. The van der Waals surface area contributed by atoms with Crippen LogP contribution in [0.3, 0.4) is 0 Å². The minimum absolute atomic E-state index is 0.113. The maximum atomic E-state index is 12.6. The van der Waals surface area contributed by atoms with Gasteiger partial charge in [0.15, 0.2) is 0 Å². The van der Waals surface area contributed by atoms with Gasteiger partial charge in [-0.2, -0.15) is 0 Å². The molecule has 1 unspecified atom stereocenters. The predicted molar refractivity (Wildman–Crippen MR) is 79.5 cm³/mol. The standard InChI is InChI=1S/C16H24N2O/c1-5-16(7-6-8-17-16)15(19)18-14-12(3)9-11(2)10-13(14)4/h9-10,17H,5-8H2,1-4H3,(H,18,19). The fourth-order valence-corrected chi connectivity index (χ4v) is 3.07. The molecule has 0 saturated carbocycles. The Hall–Kier alpha value is -1.35. The Morgan fingerprint density at radius 3 is 2.42 bits per heavy atom. The summed E-state index contributed by atoms with van der Waals surface area (Å²) >= 11 is 0. The normalized spacial score (nSPS) is 22.5. The molecule has 1 atom stereocenters. The summed E-state index contributed by atoms with van der Waals surface area (Å²) in [5.41, 5.74) is 4.10. The van der Waals surface area contributed by atoms with Crippen LogP contribution in [-0.4, -0.2) is 18.0 Å². The SMILES string of the molecule is CCC1(C(=O)Nc2c(C)cc(C)cc2C)CCCN1. The topological polar surface area (TPSA) is 41.1 Å². The molecule has 1 heterocycles. The van der Waals surface area contributed by atoms with E-state index in [1.807, 2.05) is 0 Å². The minimum atomic E-state index is -0.371. The highest BCUT2D eigenvalue weighted by Crippen LogP contribution is 2.27. The van der Waals surface area contributed by atoms with Crippen molar-refractivity contribution < 1.29 is 4.79 Å². The molecule has 3 nitrogen and oxygen atoms in total. The van der Waals surface area contributed by atoms with Crippen molar-refractivity contribution in [3.8, 4) is 0 Å². The van der Waals surface area contributed by atoms with Gasteiger partial charge in [-0.05, 0) is 57.7 Å². The molecule has 2 rings (SSSR count). The largest absolute Gasteiger partial charge is 0.324 e. The zero-order valence-corrected chi connectivity index (χ0v) is 12.4. The summed E-state index contributed by atoms with van der Waals surface area (Å²) in [6.07, 6.45) is 2.84. The molecule has 2 N–H and O–H groups in total. The Kier molecular flexibility index (Phi) is 3.95. The summed E-state index contributed by atoms with van der Waals surface area (Å²) in [6, 6.07) is 4.23. The second kappa shape index (κ2) is 5.33. The van der Waals surface area contributed by atoms with Gasteiger partial charge in [-0.15, -0.1) is 0 Å². The second-order valence-electron chi connectivity index (χ2n) is 5.69. The first-order valence-corrected chi connectivity index (χ1v) is 7.13. The lowest BCUT2D eigenvalue weighted by atomic mass is 9.92. The van der Waals surface area contributed by atoms with Gasteiger partial charge in [0.05, 0.1) is 5.54 Å². The molecule has 1 aliphatic heterocycles. The van der Waals surface area contributed by atoms with Crippen LogP contribution in [0, 0.1) is 20.8 Å². The van der Waals surface area contributed by atoms with Crippen LogP contribution < -0.4 is 10.6 Å². The van der Waals surface area contributed by atoms with E-state index in [0.29, 0.717) is 0 Å². The molecule has 0 bridgehead atoms. The van der Waals surface area contributed by atoms with E-state index in [9.17, 15) is 4.79 Å². The van der Waals surface area contributed by atoms with E-state index in [2.05, 4.69) is 50.5 Å². The third-order valence-corrected chi connectivity index (χ3v) is 4.20. The third-order valence-electron chi connectivity index (χ3n) is 4.20. The summed E-state index contributed by atoms with van der Waals surface area (Å²) in [4.78, 5) is 12.6. The predicted octanol–water partition coefficient (Wildman–Crippen LogP) is 3.08. The van der Waals surface area contributed by atoms with E-state index in [1.165, 1.54) is 5.56 Å². The van der Waals surface area contributed by atoms with Crippen LogP contribution in [0.25, 0.3) is 0 Å². The van der Waals surface area contributed by atoms with Crippen molar-refractivity contribution in [2.75, 3.05) is 11.9 Å². The number of nitrogens with one attached hydrogen (secondary N) is 2. The number of amides is 1. The van der Waals surface area contributed by atoms with Crippen molar-refractivity contribution >= 4 is 11.6 Å². The molecular formula is C16H24N2O. The maximum Gasteiger partial charge on any atom is 0.244 e. The molecule has 1 amide bonds. The van der Waals surface area contributed by atoms with E-state index in [0.717, 1.165) is 42.6 Å². The average Bonchev–Trinajstić information content (AvgIpc) is 2.83. The lowest BCUT2D eigenvalue weighted by Gasteiger charge is -2.27. The van der Waals surface area contributed by atoms with Crippen molar-refractivity contribution in [2.24, 2.45) is 0 Å². The Morgan fingerprint density at radius 2 is 1.95 bits per heavy atom. The van der Waals surface area contributed by atoms with Gasteiger partial charge in [-0.1, -0.05) is 24.6 Å². The van der Waals surface area contributed by atoms with Gasteiger partial charge in [0, 0.05) is 5.69 Å². The second-order valence-corrected chi connectivity index (χ2v) is 5.69. The van der Waals surface area contributed by atoms with E-state index in [1.54, 1.807) is 0 Å². The molecule has 19 heavy (non-hydrogen) atoms. The molecule has 0 aliphatic carbocycles. The van der Waals surface area contributed by atoms with E-state index < -0.39 is 0 Å². The van der Waals surface area contributed by atoms with Gasteiger partial charge < -0.3 is 10.6 Å². The van der Waals surface area contributed by atoms with Crippen LogP contribution in [0.15, 0.2) is 12.1 Å². The number of rotatable bonds is 3. The Labute approximate surface area is 115 Å². The highest BCUT2D eigenvalue weighted by Gasteiger charge is 2.39. The van der Waals surface area contributed by atoms with Crippen LogP contribution in [0.2, 0.25) is 0 Å². The first-order chi connectivity index (χ1) is 8.98. The van der Waals surface area contributed by atoms with E-state index in [4.69, 9.17) is 0 Å². The molecule has 3 heteroatoms. The van der Waals surface area contributed by atoms with Crippen molar-refractivity contribution in [3.05, 3.63) is 28.8 Å². The van der Waals surface area contributed by atoms with Crippen molar-refractivity contribution in [3.63, 3.8) is 0 Å². The van der Waals surface area contributed by atoms with Gasteiger partial charge in [0.2, 0.25) is 5.91 Å². The van der Waals surface area contributed by atoms with Gasteiger partial charge in [-0.25, -0.2) is 0 Å². The van der Waals surface area contributed by atoms with Gasteiger partial charge in [0.1, 0.15) is 0 Å². The Morgan fingerprint density at radius 1 is 1.32 bits per heavy atom. The number of carbonyl (C=O) groups is 1. The summed E-state index contributed by atoms with van der Waals surface area (Å²) in [6.45, 7) is 9.20. The zero-order valence-electron chi connectivity index (χ0n) is 12.4. The lowest BCUT2D eigenvalue weighted by Crippen LogP contribution is -2.50. The monoisotopic (exact) mass is 260 g/mol. The number of benzene rings is 1. The van der Waals surface area contributed by atoms with Crippen LogP contribution in [0.5, 0.6) is 0 Å².